The molecule has 3 rings (SSSR count). The van der Waals surface area contributed by atoms with E-state index in [1.807, 2.05) is 37.0 Å². The molecule has 2 aliphatic rings. The summed E-state index contributed by atoms with van der Waals surface area (Å²) in [5.41, 5.74) is 1.15. The first-order valence-electron chi connectivity index (χ1n) is 7.67. The molecule has 0 radical (unpaired) electrons. The topological polar surface area (TPSA) is 54.9 Å². The number of ether oxygens (including phenoxy) is 2. The van der Waals surface area contributed by atoms with Crippen LogP contribution in [-0.4, -0.2) is 37.3 Å². The lowest BCUT2D eigenvalue weighted by Gasteiger charge is -2.17. The molecule has 0 bridgehead atoms. The van der Waals surface area contributed by atoms with Crippen LogP contribution in [0.4, 0.5) is 0 Å². The molecule has 1 aliphatic heterocycles. The van der Waals surface area contributed by atoms with Crippen LogP contribution in [0, 0.1) is 0 Å². The Kier molecular flexibility index (Phi) is 7.13. The third-order valence-corrected chi connectivity index (χ3v) is 5.27. The van der Waals surface area contributed by atoms with Crippen LogP contribution in [0.1, 0.15) is 24.8 Å². The number of rotatable bonds is 4. The minimum atomic E-state index is 0. The second-order valence-electron chi connectivity index (χ2n) is 5.63. The normalized spacial score (nSPS) is 22.6. The molecule has 1 aromatic rings. The van der Waals surface area contributed by atoms with Crippen LogP contribution in [0.3, 0.4) is 0 Å². The summed E-state index contributed by atoms with van der Waals surface area (Å²) in [6, 6.07) is 6.55. The number of fused-ring (bicyclic) bond motifs is 1. The van der Waals surface area contributed by atoms with E-state index in [2.05, 4.69) is 21.9 Å². The summed E-state index contributed by atoms with van der Waals surface area (Å²) >= 11 is 1.97. The fourth-order valence-corrected chi connectivity index (χ4v) is 3.71. The van der Waals surface area contributed by atoms with Crippen molar-refractivity contribution in [2.24, 2.45) is 4.99 Å². The van der Waals surface area contributed by atoms with Gasteiger partial charge in [0.2, 0.25) is 6.79 Å². The van der Waals surface area contributed by atoms with E-state index in [1.165, 1.54) is 19.3 Å². The maximum atomic E-state index is 5.41. The molecule has 2 atom stereocenters. The third-order valence-electron chi connectivity index (χ3n) is 4.18. The van der Waals surface area contributed by atoms with Crippen LogP contribution in [0.15, 0.2) is 23.2 Å². The van der Waals surface area contributed by atoms with E-state index in [0.29, 0.717) is 12.8 Å². The molecule has 23 heavy (non-hydrogen) atoms. The van der Waals surface area contributed by atoms with Crippen molar-refractivity contribution in [1.82, 2.24) is 10.6 Å². The maximum absolute atomic E-state index is 5.41. The number of nitrogens with zero attached hydrogens (tertiary/aromatic N) is 1. The summed E-state index contributed by atoms with van der Waals surface area (Å²) in [6.45, 7) is 1.03. The Morgan fingerprint density at radius 2 is 2.13 bits per heavy atom. The fraction of sp³-hybridized carbons (Fsp3) is 0.562. The van der Waals surface area contributed by atoms with E-state index in [0.717, 1.165) is 34.8 Å². The van der Waals surface area contributed by atoms with Crippen molar-refractivity contribution in [2.75, 3.05) is 20.1 Å². The summed E-state index contributed by atoms with van der Waals surface area (Å²) in [7, 11) is 1.82. The van der Waals surface area contributed by atoms with Gasteiger partial charge in [-0.3, -0.25) is 4.99 Å². The van der Waals surface area contributed by atoms with Gasteiger partial charge in [-0.15, -0.1) is 24.0 Å². The molecular formula is C16H24IN3O2S. The van der Waals surface area contributed by atoms with Crippen molar-refractivity contribution >= 4 is 41.7 Å². The van der Waals surface area contributed by atoms with E-state index in [4.69, 9.17) is 9.47 Å². The zero-order valence-electron chi connectivity index (χ0n) is 13.5. The van der Waals surface area contributed by atoms with E-state index >= 15 is 0 Å². The Hall–Kier alpha value is -0.830. The van der Waals surface area contributed by atoms with Crippen molar-refractivity contribution in [3.8, 4) is 11.5 Å². The van der Waals surface area contributed by atoms with Gasteiger partial charge >= 0.3 is 0 Å². The second-order valence-corrected chi connectivity index (χ2v) is 6.76. The monoisotopic (exact) mass is 449 g/mol. The van der Waals surface area contributed by atoms with E-state index in [1.54, 1.807) is 0 Å². The standard InChI is InChI=1S/C16H23N3O2S.HI/c1-17-16(19-12-4-5-13(8-12)22-2)18-9-11-3-6-14-15(7-11)21-10-20-14;/h3,6-7,12-13H,4-5,8-10H2,1-2H3,(H2,17,18,19);1H. The molecule has 0 amide bonds. The van der Waals surface area contributed by atoms with Gasteiger partial charge in [0.05, 0.1) is 0 Å². The number of nitrogens with one attached hydrogen (secondary N) is 2. The first kappa shape index (κ1) is 18.5. The van der Waals surface area contributed by atoms with Gasteiger partial charge in [-0.2, -0.15) is 11.8 Å². The molecule has 2 unspecified atom stereocenters. The number of guanidine groups is 1. The van der Waals surface area contributed by atoms with Gasteiger partial charge in [0.15, 0.2) is 17.5 Å². The van der Waals surface area contributed by atoms with Gasteiger partial charge in [0.25, 0.3) is 0 Å². The van der Waals surface area contributed by atoms with Crippen LogP contribution >= 0.6 is 35.7 Å². The summed E-state index contributed by atoms with van der Waals surface area (Å²) in [6.07, 6.45) is 5.92. The Morgan fingerprint density at radius 3 is 2.87 bits per heavy atom. The largest absolute Gasteiger partial charge is 0.454 e. The summed E-state index contributed by atoms with van der Waals surface area (Å²) < 4.78 is 10.7. The molecule has 1 saturated carbocycles. The fourth-order valence-electron chi connectivity index (χ4n) is 2.91. The molecule has 128 valence electrons. The molecule has 0 aromatic heterocycles. The number of hydrogen-bond acceptors (Lipinski definition) is 4. The minimum absolute atomic E-state index is 0. The van der Waals surface area contributed by atoms with Crippen molar-refractivity contribution in [3.05, 3.63) is 23.8 Å². The number of aliphatic imine (C=N–C) groups is 1. The quantitative estimate of drug-likeness (QED) is 0.421. The predicted octanol–water partition coefficient (Wildman–Crippen LogP) is 2.98. The first-order chi connectivity index (χ1) is 10.8. The highest BCUT2D eigenvalue weighted by atomic mass is 127. The van der Waals surface area contributed by atoms with Crippen molar-refractivity contribution in [3.63, 3.8) is 0 Å². The number of hydrogen-bond donors (Lipinski definition) is 2. The van der Waals surface area contributed by atoms with Crippen LogP contribution in [-0.2, 0) is 6.54 Å². The molecule has 1 aliphatic carbocycles. The molecule has 2 N–H and O–H groups in total. The van der Waals surface area contributed by atoms with Crippen LogP contribution in [0.25, 0.3) is 0 Å². The maximum Gasteiger partial charge on any atom is 0.231 e. The highest BCUT2D eigenvalue weighted by Crippen LogP contribution is 2.32. The Balaban J connectivity index is 0.00000192. The number of thioether (sulfide) groups is 1. The lowest BCUT2D eigenvalue weighted by atomic mass is 10.2. The van der Waals surface area contributed by atoms with Gasteiger partial charge in [-0.05, 0) is 43.2 Å². The lowest BCUT2D eigenvalue weighted by Crippen LogP contribution is -2.42. The van der Waals surface area contributed by atoms with Gasteiger partial charge in [-0.1, -0.05) is 6.07 Å². The van der Waals surface area contributed by atoms with Gasteiger partial charge in [-0.25, -0.2) is 0 Å². The summed E-state index contributed by atoms with van der Waals surface area (Å²) in [5, 5.41) is 7.68. The van der Waals surface area contributed by atoms with Crippen molar-refractivity contribution in [1.29, 1.82) is 0 Å². The second kappa shape index (κ2) is 8.86. The van der Waals surface area contributed by atoms with Gasteiger partial charge < -0.3 is 20.1 Å². The van der Waals surface area contributed by atoms with Crippen molar-refractivity contribution < 1.29 is 9.47 Å². The smallest absolute Gasteiger partial charge is 0.231 e. The SMILES string of the molecule is CN=C(NCc1ccc2c(c1)OCO2)NC1CCC(SC)C1.I. The average Bonchev–Trinajstić information content (AvgIpc) is 3.19. The molecule has 7 heteroatoms. The van der Waals surface area contributed by atoms with Crippen molar-refractivity contribution in [2.45, 2.75) is 37.1 Å². The molecule has 1 heterocycles. The summed E-state index contributed by atoms with van der Waals surface area (Å²) in [5.74, 6) is 2.51. The number of halogens is 1. The zero-order valence-corrected chi connectivity index (χ0v) is 16.6. The van der Waals surface area contributed by atoms with E-state index in [9.17, 15) is 0 Å². The molecule has 1 fully saturated rings. The van der Waals surface area contributed by atoms with E-state index in [-0.39, 0.29) is 24.0 Å². The summed E-state index contributed by atoms with van der Waals surface area (Å²) in [4.78, 5) is 4.32. The van der Waals surface area contributed by atoms with Crippen LogP contribution in [0.5, 0.6) is 11.5 Å². The number of benzene rings is 1. The zero-order chi connectivity index (χ0) is 15.4. The highest BCUT2D eigenvalue weighted by molar-refractivity contribution is 14.0. The highest BCUT2D eigenvalue weighted by Gasteiger charge is 2.24. The molecule has 0 spiro atoms. The first-order valence-corrected chi connectivity index (χ1v) is 8.96. The Labute approximate surface area is 159 Å². The Bertz CT molecular complexity index is 556. The van der Waals surface area contributed by atoms with Gasteiger partial charge in [0, 0.05) is 24.9 Å². The molecule has 1 aromatic carbocycles. The van der Waals surface area contributed by atoms with E-state index < -0.39 is 0 Å². The molecule has 5 nitrogen and oxygen atoms in total. The molecular weight excluding hydrogens is 425 g/mol. The average molecular weight is 449 g/mol. The van der Waals surface area contributed by atoms with Gasteiger partial charge in [0.1, 0.15) is 0 Å². The van der Waals surface area contributed by atoms with Crippen LogP contribution in [0.2, 0.25) is 0 Å². The third kappa shape index (κ3) is 4.82. The molecule has 0 saturated heterocycles. The lowest BCUT2D eigenvalue weighted by molar-refractivity contribution is 0.174. The van der Waals surface area contributed by atoms with Crippen LogP contribution < -0.4 is 20.1 Å². The predicted molar refractivity (Wildman–Crippen MR) is 106 cm³/mol. The Morgan fingerprint density at radius 1 is 1.30 bits per heavy atom. The minimum Gasteiger partial charge on any atom is -0.454 e.